The molecule has 11 heteroatoms. The van der Waals surface area contributed by atoms with E-state index in [0.29, 0.717) is 0 Å². The van der Waals surface area contributed by atoms with Crippen LogP contribution in [0.5, 0.6) is 0 Å². The number of ether oxygens (including phenoxy) is 1. The number of hydrogen-bond donors (Lipinski definition) is 0. The Bertz CT molecular complexity index is 1330. The van der Waals surface area contributed by atoms with Crippen molar-refractivity contribution >= 4 is 25.7 Å². The summed E-state index contributed by atoms with van der Waals surface area (Å²) in [5.41, 5.74) is -1.08. The van der Waals surface area contributed by atoms with Crippen LogP contribution >= 0.6 is 0 Å². The highest BCUT2D eigenvalue weighted by atomic mass is 32.2. The van der Waals surface area contributed by atoms with Crippen LogP contribution in [-0.4, -0.2) is 57.4 Å². The molecule has 2 heterocycles. The predicted octanol–water partition coefficient (Wildman–Crippen LogP) is 2.31. The van der Waals surface area contributed by atoms with Crippen molar-refractivity contribution < 1.29 is 21.6 Å². The van der Waals surface area contributed by atoms with Crippen molar-refractivity contribution in [3.63, 3.8) is 0 Å². The summed E-state index contributed by atoms with van der Waals surface area (Å²) in [7, 11) is -7.94. The van der Waals surface area contributed by atoms with E-state index < -0.39 is 25.8 Å². The molecular weight excluding hydrogens is 452 g/mol. The molecule has 0 bridgehead atoms. The third-order valence-electron chi connectivity index (χ3n) is 5.80. The molecule has 2 aliphatic rings. The van der Waals surface area contributed by atoms with Gasteiger partial charge in [0, 0.05) is 32.5 Å². The van der Waals surface area contributed by atoms with Crippen LogP contribution in [0.4, 0.5) is 5.69 Å². The summed E-state index contributed by atoms with van der Waals surface area (Å²) in [6.07, 6.45) is 0.279. The number of piperidine rings is 1. The average molecular weight is 473 g/mol. The maximum atomic E-state index is 13.4. The van der Waals surface area contributed by atoms with Crippen molar-refractivity contribution in [2.24, 2.45) is 0 Å². The third-order valence-corrected chi connectivity index (χ3v) is 9.76. The van der Waals surface area contributed by atoms with Crippen molar-refractivity contribution in [2.45, 2.75) is 28.4 Å². The zero-order chi connectivity index (χ0) is 23.0. The van der Waals surface area contributed by atoms with Crippen molar-refractivity contribution in [3.05, 3.63) is 65.5 Å². The highest BCUT2D eigenvalue weighted by molar-refractivity contribution is 7.89. The van der Waals surface area contributed by atoms with E-state index in [1.807, 2.05) is 6.07 Å². The molecule has 0 amide bonds. The van der Waals surface area contributed by atoms with Gasteiger partial charge < -0.3 is 4.74 Å². The molecule has 166 valence electrons. The van der Waals surface area contributed by atoms with Gasteiger partial charge in [-0.2, -0.15) is 13.9 Å². The normalized spacial score (nSPS) is 19.4. The molecule has 0 atom stereocenters. The molecule has 0 aliphatic carbocycles. The van der Waals surface area contributed by atoms with Gasteiger partial charge in [0.05, 0.1) is 23.6 Å². The van der Waals surface area contributed by atoms with Crippen LogP contribution in [0.2, 0.25) is 0 Å². The Morgan fingerprint density at radius 3 is 2.22 bits per heavy atom. The minimum atomic E-state index is -4.03. The summed E-state index contributed by atoms with van der Waals surface area (Å²) in [4.78, 5) is 3.15. The standard InChI is InChI=1S/C21H20N4O5S2/c1-23-18-7-3-5-9-20(18)31(26,27)24-12-10-21(11-13-24)25(14-15-30-21)32(28,29)19-8-4-2-6-17(19)16-22/h2-9H,10-15H2. The second-order valence-electron chi connectivity index (χ2n) is 7.46. The Morgan fingerprint density at radius 2 is 1.56 bits per heavy atom. The van der Waals surface area contributed by atoms with Crippen molar-refractivity contribution in [1.29, 1.82) is 5.26 Å². The first-order chi connectivity index (χ1) is 15.3. The number of nitrogens with zero attached hydrogens (tertiary/aromatic N) is 4. The van der Waals surface area contributed by atoms with Crippen molar-refractivity contribution in [1.82, 2.24) is 8.61 Å². The minimum absolute atomic E-state index is 0.0422. The van der Waals surface area contributed by atoms with Gasteiger partial charge in [-0.3, -0.25) is 0 Å². The molecular formula is C21H20N4O5S2. The van der Waals surface area contributed by atoms with E-state index in [0.717, 1.165) is 0 Å². The Hall–Kier alpha value is -2.80. The third kappa shape index (κ3) is 3.58. The first-order valence-corrected chi connectivity index (χ1v) is 12.8. The molecule has 2 aromatic carbocycles. The molecule has 32 heavy (non-hydrogen) atoms. The van der Waals surface area contributed by atoms with Crippen LogP contribution in [-0.2, 0) is 24.8 Å². The zero-order valence-electron chi connectivity index (χ0n) is 17.0. The molecule has 0 aromatic heterocycles. The van der Waals surface area contributed by atoms with Gasteiger partial charge in [0.2, 0.25) is 25.7 Å². The van der Waals surface area contributed by atoms with E-state index in [1.54, 1.807) is 24.3 Å². The summed E-state index contributed by atoms with van der Waals surface area (Å²) < 4.78 is 61.5. The van der Waals surface area contributed by atoms with Crippen LogP contribution in [0.25, 0.3) is 4.85 Å². The van der Waals surface area contributed by atoms with Crippen LogP contribution in [0.3, 0.4) is 0 Å². The molecule has 2 fully saturated rings. The van der Waals surface area contributed by atoms with Gasteiger partial charge in [-0.1, -0.05) is 36.4 Å². The summed E-state index contributed by atoms with van der Waals surface area (Å²) in [5.74, 6) is 0. The highest BCUT2D eigenvalue weighted by Gasteiger charge is 2.52. The van der Waals surface area contributed by atoms with E-state index in [1.165, 1.54) is 32.9 Å². The smallest absolute Gasteiger partial charge is 0.246 e. The number of hydrogen-bond acceptors (Lipinski definition) is 6. The van der Waals surface area contributed by atoms with Gasteiger partial charge >= 0.3 is 0 Å². The maximum Gasteiger partial charge on any atom is 0.246 e. The number of para-hydroxylation sites is 1. The highest BCUT2D eigenvalue weighted by Crippen LogP contribution is 2.40. The molecule has 4 rings (SSSR count). The molecule has 2 aromatic rings. The van der Waals surface area contributed by atoms with E-state index in [2.05, 4.69) is 4.85 Å². The molecule has 2 saturated heterocycles. The molecule has 0 radical (unpaired) electrons. The van der Waals surface area contributed by atoms with Gasteiger partial charge in [0.1, 0.15) is 16.7 Å². The summed E-state index contributed by atoms with van der Waals surface area (Å²) >= 11 is 0. The lowest BCUT2D eigenvalue weighted by molar-refractivity contribution is -0.0806. The molecule has 9 nitrogen and oxygen atoms in total. The second-order valence-corrected chi connectivity index (χ2v) is 11.2. The molecule has 2 aliphatic heterocycles. The fourth-order valence-corrected chi connectivity index (χ4v) is 7.65. The number of benzene rings is 2. The fraction of sp³-hybridized carbons (Fsp3) is 0.333. The minimum Gasteiger partial charge on any atom is -0.358 e. The van der Waals surface area contributed by atoms with E-state index in [9.17, 15) is 22.1 Å². The molecule has 1 spiro atoms. The number of nitriles is 1. The number of rotatable bonds is 4. The first-order valence-electron chi connectivity index (χ1n) is 9.89. The molecule has 0 saturated carbocycles. The van der Waals surface area contributed by atoms with Crippen LogP contribution in [0.15, 0.2) is 58.3 Å². The monoisotopic (exact) mass is 472 g/mol. The lowest BCUT2D eigenvalue weighted by Crippen LogP contribution is -2.55. The second kappa shape index (κ2) is 8.28. The Morgan fingerprint density at radius 1 is 0.938 bits per heavy atom. The topological polar surface area (TPSA) is 112 Å². The largest absolute Gasteiger partial charge is 0.358 e. The van der Waals surface area contributed by atoms with Crippen LogP contribution in [0.1, 0.15) is 18.4 Å². The quantitative estimate of drug-likeness (QED) is 0.631. The van der Waals surface area contributed by atoms with Gasteiger partial charge in [-0.25, -0.2) is 21.7 Å². The van der Waals surface area contributed by atoms with E-state index in [4.69, 9.17) is 11.3 Å². The Labute approximate surface area is 187 Å². The average Bonchev–Trinajstić information content (AvgIpc) is 3.23. The Balaban J connectivity index is 1.61. The first kappa shape index (κ1) is 22.4. The summed E-state index contributed by atoms with van der Waals surface area (Å²) in [6.45, 7) is 7.63. The predicted molar refractivity (Wildman–Crippen MR) is 114 cm³/mol. The van der Waals surface area contributed by atoms with Gasteiger partial charge in [0.25, 0.3) is 0 Å². The van der Waals surface area contributed by atoms with Crippen molar-refractivity contribution in [2.75, 3.05) is 26.2 Å². The van der Waals surface area contributed by atoms with Crippen LogP contribution in [0, 0.1) is 17.9 Å². The summed E-state index contributed by atoms with van der Waals surface area (Å²) in [5, 5.41) is 9.34. The van der Waals surface area contributed by atoms with Gasteiger partial charge in [-0.05, 0) is 12.1 Å². The summed E-state index contributed by atoms with van der Waals surface area (Å²) in [6, 6.07) is 13.9. The lowest BCUT2D eigenvalue weighted by atomic mass is 10.0. The zero-order valence-corrected chi connectivity index (χ0v) is 18.6. The Kier molecular flexibility index (Phi) is 5.79. The van der Waals surface area contributed by atoms with Crippen molar-refractivity contribution in [3.8, 4) is 6.07 Å². The van der Waals surface area contributed by atoms with E-state index in [-0.39, 0.29) is 60.1 Å². The SMILES string of the molecule is [C-]#[N+]c1ccccc1S(=O)(=O)N1CCC2(CC1)OCCN2S(=O)(=O)c1ccccc1C#N. The van der Waals surface area contributed by atoms with E-state index >= 15 is 0 Å². The van der Waals surface area contributed by atoms with Gasteiger partial charge in [0.15, 0.2) is 0 Å². The maximum absolute atomic E-state index is 13.4. The molecule has 0 unspecified atom stereocenters. The van der Waals surface area contributed by atoms with Crippen LogP contribution < -0.4 is 0 Å². The lowest BCUT2D eigenvalue weighted by Gasteiger charge is -2.42. The number of sulfonamides is 2. The molecule has 0 N–H and O–H groups in total. The fourth-order valence-electron chi connectivity index (χ4n) is 4.21. The van der Waals surface area contributed by atoms with Gasteiger partial charge in [-0.15, -0.1) is 0 Å².